The van der Waals surface area contributed by atoms with Crippen LogP contribution in [0.15, 0.2) is 66.7 Å². The van der Waals surface area contributed by atoms with E-state index in [0.717, 1.165) is 53.9 Å². The lowest BCUT2D eigenvalue weighted by Gasteiger charge is -2.15. The first kappa shape index (κ1) is 27.8. The third-order valence-corrected chi connectivity index (χ3v) is 6.65. The molecule has 0 aliphatic heterocycles. The van der Waals surface area contributed by atoms with Crippen LogP contribution in [0.3, 0.4) is 0 Å². The van der Waals surface area contributed by atoms with Crippen molar-refractivity contribution in [2.75, 3.05) is 6.61 Å². The molecule has 0 amide bonds. The molecule has 0 saturated heterocycles. The fourth-order valence-electron chi connectivity index (χ4n) is 4.40. The Hall–Kier alpha value is -2.81. The molecule has 3 rings (SSSR count). The third kappa shape index (κ3) is 9.00. The van der Waals surface area contributed by atoms with Crippen molar-refractivity contribution in [3.8, 4) is 33.8 Å². The molecule has 0 bridgehead atoms. The van der Waals surface area contributed by atoms with Crippen LogP contribution in [0, 0.1) is 5.82 Å². The number of ether oxygens (including phenoxy) is 2. The second-order valence-electron chi connectivity index (χ2n) is 9.79. The molecule has 194 valence electrons. The van der Waals surface area contributed by atoms with Crippen LogP contribution in [-0.2, 0) is 0 Å². The van der Waals surface area contributed by atoms with Crippen molar-refractivity contribution in [3.05, 3.63) is 72.5 Å². The van der Waals surface area contributed by atoms with Crippen LogP contribution in [0.5, 0.6) is 11.5 Å². The minimum absolute atomic E-state index is 0.0171. The van der Waals surface area contributed by atoms with E-state index in [1.54, 1.807) is 12.1 Å². The van der Waals surface area contributed by atoms with Gasteiger partial charge in [-0.25, -0.2) is 4.39 Å². The summed E-state index contributed by atoms with van der Waals surface area (Å²) in [6, 6.07) is 21.8. The lowest BCUT2D eigenvalue weighted by atomic mass is 10.00. The maximum atomic E-state index is 14.7. The van der Waals surface area contributed by atoms with Crippen molar-refractivity contribution in [2.45, 2.75) is 91.1 Å². The second kappa shape index (κ2) is 15.3. The molecule has 0 radical (unpaired) electrons. The Morgan fingerprint density at radius 3 is 1.81 bits per heavy atom. The molecule has 36 heavy (non-hydrogen) atoms. The zero-order valence-corrected chi connectivity index (χ0v) is 22.4. The maximum absolute atomic E-state index is 14.7. The van der Waals surface area contributed by atoms with E-state index in [-0.39, 0.29) is 11.9 Å². The minimum Gasteiger partial charge on any atom is -0.494 e. The van der Waals surface area contributed by atoms with Gasteiger partial charge in [-0.05, 0) is 72.7 Å². The molecule has 0 unspecified atom stereocenters. The summed E-state index contributed by atoms with van der Waals surface area (Å²) in [5, 5.41) is 0. The van der Waals surface area contributed by atoms with E-state index in [2.05, 4.69) is 38.1 Å². The Kier molecular flexibility index (Phi) is 11.8. The van der Waals surface area contributed by atoms with Crippen LogP contribution in [-0.4, -0.2) is 12.7 Å². The van der Waals surface area contributed by atoms with Crippen molar-refractivity contribution in [1.82, 2.24) is 0 Å². The lowest BCUT2D eigenvalue weighted by Crippen LogP contribution is -2.12. The SMILES string of the molecule is CCCCCCCCOc1ccc(-c2ccc(-c3ccc(O[C@H](C)CCCCC)c(F)c3)cc2)cc1. The molecule has 0 saturated carbocycles. The summed E-state index contributed by atoms with van der Waals surface area (Å²) in [4.78, 5) is 0. The molecule has 1 atom stereocenters. The summed E-state index contributed by atoms with van der Waals surface area (Å²) in [6.45, 7) is 7.21. The van der Waals surface area contributed by atoms with Crippen LogP contribution in [0.25, 0.3) is 22.3 Å². The summed E-state index contributed by atoms with van der Waals surface area (Å²) in [6.07, 6.45) is 12.0. The zero-order valence-electron chi connectivity index (χ0n) is 22.4. The van der Waals surface area contributed by atoms with E-state index in [1.165, 1.54) is 44.9 Å². The van der Waals surface area contributed by atoms with E-state index >= 15 is 0 Å². The Bertz CT molecular complexity index is 1010. The van der Waals surface area contributed by atoms with Gasteiger partial charge in [0.05, 0.1) is 12.7 Å². The molecular weight excluding hydrogens is 447 g/mol. The van der Waals surface area contributed by atoms with Gasteiger partial charge in [-0.1, -0.05) is 101 Å². The highest BCUT2D eigenvalue weighted by atomic mass is 19.1. The monoisotopic (exact) mass is 490 g/mol. The van der Waals surface area contributed by atoms with Gasteiger partial charge in [0, 0.05) is 0 Å². The molecule has 3 aromatic rings. The van der Waals surface area contributed by atoms with Gasteiger partial charge < -0.3 is 9.47 Å². The van der Waals surface area contributed by atoms with Gasteiger partial charge in [0.1, 0.15) is 5.75 Å². The van der Waals surface area contributed by atoms with Crippen LogP contribution < -0.4 is 9.47 Å². The van der Waals surface area contributed by atoms with E-state index < -0.39 is 0 Å². The van der Waals surface area contributed by atoms with Crippen molar-refractivity contribution in [1.29, 1.82) is 0 Å². The Balaban J connectivity index is 1.52. The maximum Gasteiger partial charge on any atom is 0.165 e. The smallest absolute Gasteiger partial charge is 0.165 e. The van der Waals surface area contributed by atoms with E-state index in [1.807, 2.05) is 37.3 Å². The van der Waals surface area contributed by atoms with Gasteiger partial charge in [-0.2, -0.15) is 0 Å². The molecule has 0 aliphatic carbocycles. The third-order valence-electron chi connectivity index (χ3n) is 6.65. The summed E-state index contributed by atoms with van der Waals surface area (Å²) >= 11 is 0. The number of benzene rings is 3. The number of hydrogen-bond acceptors (Lipinski definition) is 2. The molecule has 0 N–H and O–H groups in total. The number of rotatable bonds is 16. The van der Waals surface area contributed by atoms with Crippen LogP contribution in [0.4, 0.5) is 4.39 Å². The summed E-state index contributed by atoms with van der Waals surface area (Å²) < 4.78 is 26.4. The highest BCUT2D eigenvalue weighted by molar-refractivity contribution is 5.71. The number of halogens is 1. The second-order valence-corrected chi connectivity index (χ2v) is 9.79. The van der Waals surface area contributed by atoms with Gasteiger partial charge >= 0.3 is 0 Å². The average Bonchev–Trinajstić information content (AvgIpc) is 2.90. The molecular formula is C33H43FO2. The van der Waals surface area contributed by atoms with Gasteiger partial charge in [0.2, 0.25) is 0 Å². The van der Waals surface area contributed by atoms with Gasteiger partial charge in [-0.15, -0.1) is 0 Å². The normalized spacial score (nSPS) is 11.9. The molecule has 2 nitrogen and oxygen atoms in total. The standard InChI is InChI=1S/C33H43FO2/c1-4-6-8-9-10-12-24-35-31-21-18-28(19-22-31)27-14-16-29(17-15-27)30-20-23-33(32(34)25-30)36-26(3)13-11-7-5-2/h14-23,25-26H,4-13,24H2,1-3H3/t26-/m1/s1. The summed E-state index contributed by atoms with van der Waals surface area (Å²) in [5.41, 5.74) is 4.10. The molecule has 0 fully saturated rings. The van der Waals surface area contributed by atoms with Gasteiger partial charge in [0.25, 0.3) is 0 Å². The first-order chi connectivity index (χ1) is 17.6. The molecule has 3 heteroatoms. The molecule has 0 heterocycles. The Morgan fingerprint density at radius 2 is 1.17 bits per heavy atom. The van der Waals surface area contributed by atoms with Crippen molar-refractivity contribution in [2.24, 2.45) is 0 Å². The van der Waals surface area contributed by atoms with E-state index in [4.69, 9.17) is 9.47 Å². The van der Waals surface area contributed by atoms with Crippen LogP contribution in [0.2, 0.25) is 0 Å². The first-order valence-corrected chi connectivity index (χ1v) is 13.9. The predicted molar refractivity (Wildman–Crippen MR) is 150 cm³/mol. The first-order valence-electron chi connectivity index (χ1n) is 13.9. The fourth-order valence-corrected chi connectivity index (χ4v) is 4.40. The fraction of sp³-hybridized carbons (Fsp3) is 0.455. The van der Waals surface area contributed by atoms with Gasteiger partial charge in [-0.3, -0.25) is 0 Å². The van der Waals surface area contributed by atoms with E-state index in [0.29, 0.717) is 5.75 Å². The quantitative estimate of drug-likeness (QED) is 0.186. The largest absolute Gasteiger partial charge is 0.494 e. The zero-order chi connectivity index (χ0) is 25.6. The Labute approximate surface area is 217 Å². The van der Waals surface area contributed by atoms with Crippen molar-refractivity contribution >= 4 is 0 Å². The molecule has 0 aromatic heterocycles. The molecule has 3 aromatic carbocycles. The number of hydrogen-bond donors (Lipinski definition) is 0. The minimum atomic E-state index is -0.310. The van der Waals surface area contributed by atoms with Crippen LogP contribution >= 0.6 is 0 Å². The van der Waals surface area contributed by atoms with E-state index in [9.17, 15) is 4.39 Å². The molecule has 0 aliphatic rings. The van der Waals surface area contributed by atoms with Crippen molar-refractivity contribution < 1.29 is 13.9 Å². The predicted octanol–water partition coefficient (Wildman–Crippen LogP) is 10.2. The lowest BCUT2D eigenvalue weighted by molar-refractivity contribution is 0.198. The van der Waals surface area contributed by atoms with Crippen LogP contribution in [0.1, 0.15) is 85.0 Å². The Morgan fingerprint density at radius 1 is 0.639 bits per heavy atom. The average molecular weight is 491 g/mol. The number of unbranched alkanes of at least 4 members (excludes halogenated alkanes) is 7. The van der Waals surface area contributed by atoms with Gasteiger partial charge in [0.15, 0.2) is 11.6 Å². The topological polar surface area (TPSA) is 18.5 Å². The molecule has 0 spiro atoms. The highest BCUT2D eigenvalue weighted by Gasteiger charge is 2.10. The summed E-state index contributed by atoms with van der Waals surface area (Å²) in [5.74, 6) is 0.940. The summed E-state index contributed by atoms with van der Waals surface area (Å²) in [7, 11) is 0. The van der Waals surface area contributed by atoms with Crippen molar-refractivity contribution in [3.63, 3.8) is 0 Å². The highest BCUT2D eigenvalue weighted by Crippen LogP contribution is 2.29.